The molecule has 0 radical (unpaired) electrons. The molecule has 112 valence electrons. The van der Waals surface area contributed by atoms with Gasteiger partial charge in [-0.3, -0.25) is 4.79 Å². The predicted molar refractivity (Wildman–Crippen MR) is 72.7 cm³/mol. The van der Waals surface area contributed by atoms with E-state index in [0.29, 0.717) is 12.8 Å². The van der Waals surface area contributed by atoms with Crippen molar-refractivity contribution in [3.05, 3.63) is 0 Å². The molecule has 19 heavy (non-hydrogen) atoms. The lowest BCUT2D eigenvalue weighted by molar-refractivity contribution is -0.145. The first-order valence-electron chi connectivity index (χ1n) is 6.70. The van der Waals surface area contributed by atoms with Crippen molar-refractivity contribution in [2.24, 2.45) is 0 Å². The molecule has 0 heterocycles. The van der Waals surface area contributed by atoms with Gasteiger partial charge in [-0.2, -0.15) is 0 Å². The summed E-state index contributed by atoms with van der Waals surface area (Å²) < 4.78 is 33.8. The minimum atomic E-state index is -3.54. The molecule has 5 nitrogen and oxygen atoms in total. The van der Waals surface area contributed by atoms with Gasteiger partial charge in [-0.1, -0.05) is 0 Å². The zero-order chi connectivity index (χ0) is 14.7. The van der Waals surface area contributed by atoms with Crippen molar-refractivity contribution < 1.29 is 22.7 Å². The standard InChI is InChI=1S/C13H24O5S/c1-5-18-12(14)13(2,3)19(15,16)11-8-6-10(17-4)7-9-11/h10-11H,5-9H2,1-4H3/t10-,11+. The third-order valence-corrected chi connectivity index (χ3v) is 6.81. The molecule has 0 spiro atoms. The zero-order valence-corrected chi connectivity index (χ0v) is 13.0. The van der Waals surface area contributed by atoms with E-state index < -0.39 is 25.8 Å². The van der Waals surface area contributed by atoms with E-state index in [1.54, 1.807) is 14.0 Å². The highest BCUT2D eigenvalue weighted by molar-refractivity contribution is 7.94. The highest BCUT2D eigenvalue weighted by atomic mass is 32.2. The van der Waals surface area contributed by atoms with E-state index in [1.165, 1.54) is 13.8 Å². The van der Waals surface area contributed by atoms with E-state index in [1.807, 2.05) is 0 Å². The van der Waals surface area contributed by atoms with Gasteiger partial charge in [0.05, 0.1) is 18.0 Å². The molecule has 0 aromatic carbocycles. The molecule has 1 fully saturated rings. The van der Waals surface area contributed by atoms with Crippen LogP contribution in [0.1, 0.15) is 46.5 Å². The Morgan fingerprint density at radius 1 is 1.21 bits per heavy atom. The average molecular weight is 292 g/mol. The zero-order valence-electron chi connectivity index (χ0n) is 12.1. The van der Waals surface area contributed by atoms with Crippen LogP contribution in [0, 0.1) is 0 Å². The average Bonchev–Trinajstić information content (AvgIpc) is 2.38. The molecule has 0 bridgehead atoms. The number of esters is 1. The maximum Gasteiger partial charge on any atom is 0.326 e. The molecular formula is C13H24O5S. The third-order valence-electron chi connectivity index (χ3n) is 3.87. The van der Waals surface area contributed by atoms with E-state index in [2.05, 4.69) is 0 Å². The van der Waals surface area contributed by atoms with Crippen molar-refractivity contribution in [1.82, 2.24) is 0 Å². The van der Waals surface area contributed by atoms with Crippen LogP contribution in [0.5, 0.6) is 0 Å². The van der Waals surface area contributed by atoms with Gasteiger partial charge in [0.15, 0.2) is 14.6 Å². The number of hydrogen-bond donors (Lipinski definition) is 0. The van der Waals surface area contributed by atoms with Crippen LogP contribution in [0.3, 0.4) is 0 Å². The molecule has 0 aromatic rings. The van der Waals surface area contributed by atoms with Crippen LogP contribution in [0.4, 0.5) is 0 Å². The Morgan fingerprint density at radius 3 is 2.16 bits per heavy atom. The van der Waals surface area contributed by atoms with Gasteiger partial charge in [0, 0.05) is 7.11 Å². The fourth-order valence-corrected chi connectivity index (χ4v) is 4.43. The number of ether oxygens (including phenoxy) is 2. The second-order valence-electron chi connectivity index (χ2n) is 5.41. The van der Waals surface area contributed by atoms with Gasteiger partial charge in [0.1, 0.15) is 0 Å². The van der Waals surface area contributed by atoms with E-state index in [4.69, 9.17) is 9.47 Å². The molecular weight excluding hydrogens is 268 g/mol. The molecule has 0 aromatic heterocycles. The van der Waals surface area contributed by atoms with Crippen molar-refractivity contribution in [3.63, 3.8) is 0 Å². The van der Waals surface area contributed by atoms with E-state index in [0.717, 1.165) is 12.8 Å². The molecule has 0 amide bonds. The lowest BCUT2D eigenvalue weighted by Gasteiger charge is -2.32. The summed E-state index contributed by atoms with van der Waals surface area (Å²) in [5.74, 6) is -0.663. The summed E-state index contributed by atoms with van der Waals surface area (Å²) in [7, 11) is -1.90. The molecule has 0 atom stereocenters. The van der Waals surface area contributed by atoms with Crippen LogP contribution in [-0.4, -0.2) is 44.2 Å². The fourth-order valence-electron chi connectivity index (χ4n) is 2.42. The molecule has 1 saturated carbocycles. The quantitative estimate of drug-likeness (QED) is 0.721. The molecule has 0 saturated heterocycles. The van der Waals surface area contributed by atoms with Crippen molar-refractivity contribution in [3.8, 4) is 0 Å². The Labute approximate surface area is 115 Å². The normalized spacial score (nSPS) is 25.1. The highest BCUT2D eigenvalue weighted by Crippen LogP contribution is 2.32. The summed E-state index contributed by atoms with van der Waals surface area (Å²) in [6, 6.07) is 0. The largest absolute Gasteiger partial charge is 0.465 e. The highest BCUT2D eigenvalue weighted by Gasteiger charge is 2.48. The van der Waals surface area contributed by atoms with Crippen LogP contribution in [0.2, 0.25) is 0 Å². The van der Waals surface area contributed by atoms with Crippen LogP contribution >= 0.6 is 0 Å². The summed E-state index contributed by atoms with van der Waals surface area (Å²) in [6.45, 7) is 4.73. The van der Waals surface area contributed by atoms with Gasteiger partial charge in [0.2, 0.25) is 0 Å². The maximum atomic E-state index is 12.6. The Balaban J connectivity index is 2.83. The minimum Gasteiger partial charge on any atom is -0.465 e. The number of methoxy groups -OCH3 is 1. The van der Waals surface area contributed by atoms with Crippen molar-refractivity contribution in [1.29, 1.82) is 0 Å². The maximum absolute atomic E-state index is 12.6. The van der Waals surface area contributed by atoms with Crippen LogP contribution in [0.25, 0.3) is 0 Å². The van der Waals surface area contributed by atoms with E-state index in [-0.39, 0.29) is 12.7 Å². The summed E-state index contributed by atoms with van der Waals surface area (Å²) >= 11 is 0. The molecule has 0 unspecified atom stereocenters. The van der Waals surface area contributed by atoms with Gasteiger partial charge >= 0.3 is 5.97 Å². The minimum absolute atomic E-state index is 0.136. The van der Waals surface area contributed by atoms with Gasteiger partial charge in [-0.25, -0.2) is 8.42 Å². The summed E-state index contributed by atoms with van der Waals surface area (Å²) in [6.07, 6.45) is 2.67. The number of sulfone groups is 1. The smallest absolute Gasteiger partial charge is 0.326 e. The molecule has 0 aliphatic heterocycles. The number of carbonyl (C=O) groups is 1. The number of rotatable bonds is 5. The molecule has 0 N–H and O–H groups in total. The Kier molecular flexibility index (Phi) is 5.38. The topological polar surface area (TPSA) is 69.7 Å². The van der Waals surface area contributed by atoms with Gasteiger partial charge in [-0.15, -0.1) is 0 Å². The molecule has 1 rings (SSSR count). The van der Waals surface area contributed by atoms with Crippen LogP contribution in [0.15, 0.2) is 0 Å². The summed E-state index contributed by atoms with van der Waals surface area (Å²) in [4.78, 5) is 11.8. The summed E-state index contributed by atoms with van der Waals surface area (Å²) in [5.41, 5.74) is 0. The molecule has 6 heteroatoms. The van der Waals surface area contributed by atoms with Crippen molar-refractivity contribution in [2.45, 2.75) is 62.6 Å². The number of carbonyl (C=O) groups excluding carboxylic acids is 1. The lowest BCUT2D eigenvalue weighted by Crippen LogP contribution is -2.48. The monoisotopic (exact) mass is 292 g/mol. The number of hydrogen-bond acceptors (Lipinski definition) is 5. The SMILES string of the molecule is CCOC(=O)C(C)(C)S(=O)(=O)[C@H]1CC[C@@H](OC)CC1. The van der Waals surface area contributed by atoms with Gasteiger partial charge in [-0.05, 0) is 46.5 Å². The van der Waals surface area contributed by atoms with Crippen LogP contribution in [-0.2, 0) is 24.1 Å². The van der Waals surface area contributed by atoms with E-state index in [9.17, 15) is 13.2 Å². The lowest BCUT2D eigenvalue weighted by atomic mass is 9.97. The molecule has 1 aliphatic rings. The Hall–Kier alpha value is -0.620. The first-order chi connectivity index (χ1) is 8.77. The van der Waals surface area contributed by atoms with Gasteiger partial charge < -0.3 is 9.47 Å². The van der Waals surface area contributed by atoms with Crippen molar-refractivity contribution >= 4 is 15.8 Å². The first-order valence-corrected chi connectivity index (χ1v) is 8.25. The Morgan fingerprint density at radius 2 is 1.74 bits per heavy atom. The molecule has 1 aliphatic carbocycles. The predicted octanol–water partition coefficient (Wildman–Crippen LogP) is 1.70. The van der Waals surface area contributed by atoms with E-state index >= 15 is 0 Å². The Bertz CT molecular complexity index is 405. The van der Waals surface area contributed by atoms with Gasteiger partial charge in [0.25, 0.3) is 0 Å². The second-order valence-corrected chi connectivity index (χ2v) is 8.19. The fraction of sp³-hybridized carbons (Fsp3) is 0.923. The van der Waals surface area contributed by atoms with Crippen molar-refractivity contribution in [2.75, 3.05) is 13.7 Å². The summed E-state index contributed by atoms with van der Waals surface area (Å²) in [5, 5.41) is -0.474. The second kappa shape index (κ2) is 6.22. The third kappa shape index (κ3) is 3.28. The first kappa shape index (κ1) is 16.4. The van der Waals surface area contributed by atoms with Crippen LogP contribution < -0.4 is 0 Å².